The summed E-state index contributed by atoms with van der Waals surface area (Å²) in [5, 5.41) is 2.72. The number of rotatable bonds is 9. The lowest BCUT2D eigenvalue weighted by molar-refractivity contribution is -0.135. The Morgan fingerprint density at radius 3 is 1.95 bits per heavy atom. The van der Waals surface area contributed by atoms with E-state index in [0.29, 0.717) is 13.0 Å². The fraction of sp³-hybridized carbons (Fsp3) is 0.341. The molecule has 2 fully saturated rings. The molecule has 3 N–H and O–H groups in total. The summed E-state index contributed by atoms with van der Waals surface area (Å²) in [6.45, 7) is 9.15. The smallest absolute Gasteiger partial charge is 0.407 e. The Morgan fingerprint density at radius 2 is 1.38 bits per heavy atom. The normalized spacial score (nSPS) is 18.5. The molecule has 2 aliphatic rings. The fourth-order valence-electron chi connectivity index (χ4n) is 8.43. The Morgan fingerprint density at radius 1 is 0.804 bits per heavy atom. The predicted octanol–water partition coefficient (Wildman–Crippen LogP) is 8.19. The molecule has 12 heteroatoms. The number of fused-ring (bicyclic) bond motifs is 2. The Bertz CT molecular complexity index is 2410. The number of likely N-dealkylation sites (tertiary alicyclic amines) is 1. The first-order valence-corrected chi connectivity index (χ1v) is 23.0. The Kier molecular flexibility index (Phi) is 10.00. The topological polar surface area (TPSA) is 136 Å². The molecule has 4 heterocycles. The van der Waals surface area contributed by atoms with Crippen LogP contribution in [-0.2, 0) is 20.7 Å². The third-order valence-corrected chi connectivity index (χ3v) is 14.0. The molecule has 11 nitrogen and oxygen atoms in total. The first kappa shape index (κ1) is 37.2. The molecule has 8 rings (SSSR count). The summed E-state index contributed by atoms with van der Waals surface area (Å²) in [7, 11) is -0.305. The number of carbonyl (C=O) groups excluding carboxylic acids is 3. The SMILES string of the molecule is COC(=O)NC(C(=O)N1CCCC1c1nc2ccc(-c3ccc(-c4ccc5nc(C6C[Si](C)(C)CN6C(=O)Cc6ccccc6)[nH]c5c4)cc3)cc2[nH]1)C(C)C. The van der Waals surface area contributed by atoms with Gasteiger partial charge in [-0.2, -0.15) is 0 Å². The van der Waals surface area contributed by atoms with Crippen LogP contribution in [0.2, 0.25) is 19.1 Å². The van der Waals surface area contributed by atoms with Crippen molar-refractivity contribution in [2.24, 2.45) is 5.92 Å². The highest BCUT2D eigenvalue weighted by atomic mass is 28.3. The highest BCUT2D eigenvalue weighted by Crippen LogP contribution is 2.39. The standard InChI is InChI=1S/C44H49N7O4Si/c1-27(2)40(49-44(54)55-3)43(53)50-21-9-12-37(50)41-45-33-19-17-31(23-35(33)47-41)29-13-15-30(16-14-29)32-18-20-34-36(24-32)48-42(46-34)38-25-56(4,5)26-51(38)39(52)22-28-10-7-6-8-11-28/h6-8,10-11,13-20,23-24,27,37-38,40H,9,12,21-22,25-26H2,1-5H3,(H,45,47)(H,46,48)(H,49,54). The zero-order valence-electron chi connectivity index (χ0n) is 32.6. The van der Waals surface area contributed by atoms with Crippen molar-refractivity contribution in [2.75, 3.05) is 19.8 Å². The molecule has 0 saturated carbocycles. The molecule has 0 spiro atoms. The molecule has 4 aromatic carbocycles. The molecule has 2 saturated heterocycles. The van der Waals surface area contributed by atoms with Gasteiger partial charge >= 0.3 is 6.09 Å². The van der Waals surface area contributed by atoms with E-state index in [1.165, 1.54) is 7.11 Å². The van der Waals surface area contributed by atoms with Crippen LogP contribution in [-0.4, -0.2) is 81.6 Å². The maximum Gasteiger partial charge on any atom is 0.407 e. The van der Waals surface area contributed by atoms with E-state index in [2.05, 4.69) is 87.9 Å². The number of aromatic amines is 2. The lowest BCUT2D eigenvalue weighted by atomic mass is 10.00. The first-order chi connectivity index (χ1) is 27.0. The Labute approximate surface area is 327 Å². The number of hydrogen-bond acceptors (Lipinski definition) is 6. The highest BCUT2D eigenvalue weighted by Gasteiger charge is 2.43. The molecule has 0 bridgehead atoms. The summed E-state index contributed by atoms with van der Waals surface area (Å²) < 4.78 is 4.78. The van der Waals surface area contributed by atoms with Crippen molar-refractivity contribution in [1.82, 2.24) is 35.1 Å². The molecule has 6 aromatic rings. The zero-order chi connectivity index (χ0) is 39.1. The molecule has 288 valence electrons. The van der Waals surface area contributed by atoms with E-state index >= 15 is 0 Å². The van der Waals surface area contributed by atoms with Gasteiger partial charge in [0.1, 0.15) is 17.7 Å². The molecule has 0 aliphatic carbocycles. The van der Waals surface area contributed by atoms with E-state index in [9.17, 15) is 14.4 Å². The summed E-state index contributed by atoms with van der Waals surface area (Å²) in [6, 6.07) is 31.1. The number of carbonyl (C=O) groups is 3. The number of amides is 3. The maximum absolute atomic E-state index is 13.6. The van der Waals surface area contributed by atoms with Gasteiger partial charge in [-0.15, -0.1) is 0 Å². The summed E-state index contributed by atoms with van der Waals surface area (Å²) in [6.07, 6.45) is 2.27. The van der Waals surface area contributed by atoms with Crippen LogP contribution in [0.3, 0.4) is 0 Å². The summed E-state index contributed by atoms with van der Waals surface area (Å²) in [5.41, 5.74) is 8.97. The van der Waals surface area contributed by atoms with Crippen LogP contribution in [0, 0.1) is 5.92 Å². The number of nitrogens with zero attached hydrogens (tertiary/aromatic N) is 4. The second-order valence-corrected chi connectivity index (χ2v) is 21.5. The van der Waals surface area contributed by atoms with Crippen molar-refractivity contribution in [3.8, 4) is 22.3 Å². The summed E-state index contributed by atoms with van der Waals surface area (Å²) in [5.74, 6) is 1.55. The lowest BCUT2D eigenvalue weighted by Gasteiger charge is -2.29. The van der Waals surface area contributed by atoms with Gasteiger partial charge in [0.05, 0.1) is 55.8 Å². The minimum Gasteiger partial charge on any atom is -0.453 e. The summed E-state index contributed by atoms with van der Waals surface area (Å²) >= 11 is 0. The number of hydrogen-bond donors (Lipinski definition) is 3. The van der Waals surface area contributed by atoms with Crippen molar-refractivity contribution in [2.45, 2.75) is 70.4 Å². The molecule has 3 unspecified atom stereocenters. The zero-order valence-corrected chi connectivity index (χ0v) is 33.6. The van der Waals surface area contributed by atoms with Crippen LogP contribution >= 0.6 is 0 Å². The molecular formula is C44H49N7O4Si. The van der Waals surface area contributed by atoms with Gasteiger partial charge < -0.3 is 29.8 Å². The van der Waals surface area contributed by atoms with Crippen LogP contribution < -0.4 is 5.32 Å². The number of methoxy groups -OCH3 is 1. The third-order valence-electron chi connectivity index (χ3n) is 11.3. The lowest BCUT2D eigenvalue weighted by Crippen LogP contribution is -2.51. The van der Waals surface area contributed by atoms with E-state index in [1.807, 2.05) is 55.1 Å². The predicted molar refractivity (Wildman–Crippen MR) is 221 cm³/mol. The van der Waals surface area contributed by atoms with Gasteiger partial charge in [0.2, 0.25) is 11.8 Å². The van der Waals surface area contributed by atoms with E-state index in [-0.39, 0.29) is 29.8 Å². The first-order valence-electron chi connectivity index (χ1n) is 19.5. The van der Waals surface area contributed by atoms with E-state index in [1.54, 1.807) is 0 Å². The summed E-state index contributed by atoms with van der Waals surface area (Å²) in [4.78, 5) is 60.1. The van der Waals surface area contributed by atoms with Crippen LogP contribution in [0.15, 0.2) is 91.0 Å². The van der Waals surface area contributed by atoms with Crippen LogP contribution in [0.5, 0.6) is 0 Å². The molecule has 3 amide bonds. The number of nitrogens with one attached hydrogen (secondary N) is 3. The van der Waals surface area contributed by atoms with Gasteiger partial charge in [-0.05, 0) is 76.9 Å². The minimum absolute atomic E-state index is 0.0431. The Balaban J connectivity index is 0.986. The largest absolute Gasteiger partial charge is 0.453 e. The molecule has 3 atom stereocenters. The van der Waals surface area contributed by atoms with E-state index in [4.69, 9.17) is 14.7 Å². The number of imidazole rings is 2. The van der Waals surface area contributed by atoms with E-state index < -0.39 is 20.2 Å². The minimum atomic E-state index is -1.61. The van der Waals surface area contributed by atoms with Gasteiger partial charge in [-0.1, -0.05) is 93.7 Å². The monoisotopic (exact) mass is 767 g/mol. The fourth-order valence-corrected chi connectivity index (χ4v) is 11.3. The van der Waals surface area contributed by atoms with Crippen LogP contribution in [0.1, 0.15) is 56.0 Å². The second kappa shape index (κ2) is 15.1. The van der Waals surface area contributed by atoms with Crippen molar-refractivity contribution in [3.05, 3.63) is 108 Å². The quantitative estimate of drug-likeness (QED) is 0.127. The van der Waals surface area contributed by atoms with Crippen LogP contribution in [0.25, 0.3) is 44.3 Å². The molecule has 56 heavy (non-hydrogen) atoms. The average molecular weight is 768 g/mol. The van der Waals surface area contributed by atoms with Crippen molar-refractivity contribution in [3.63, 3.8) is 0 Å². The van der Waals surface area contributed by atoms with E-state index in [0.717, 1.165) is 86.6 Å². The number of ether oxygens (including phenoxy) is 1. The van der Waals surface area contributed by atoms with Gasteiger partial charge in [-0.3, -0.25) is 9.59 Å². The van der Waals surface area contributed by atoms with Gasteiger partial charge in [-0.25, -0.2) is 14.8 Å². The van der Waals surface area contributed by atoms with Crippen molar-refractivity contribution >= 4 is 48.0 Å². The van der Waals surface area contributed by atoms with Gasteiger partial charge in [0, 0.05) is 12.7 Å². The Hall–Kier alpha value is -5.75. The highest BCUT2D eigenvalue weighted by molar-refractivity contribution is 6.78. The van der Waals surface area contributed by atoms with Crippen LogP contribution in [0.4, 0.5) is 4.79 Å². The maximum atomic E-state index is 13.6. The molecule has 0 radical (unpaired) electrons. The number of aromatic nitrogens is 4. The number of benzene rings is 4. The molecule has 2 aliphatic heterocycles. The van der Waals surface area contributed by atoms with Gasteiger partial charge in [0.15, 0.2) is 0 Å². The third kappa shape index (κ3) is 7.45. The number of H-pyrrole nitrogens is 2. The molecular weight excluding hydrogens is 719 g/mol. The van der Waals surface area contributed by atoms with Crippen molar-refractivity contribution < 1.29 is 19.1 Å². The van der Waals surface area contributed by atoms with Gasteiger partial charge in [0.25, 0.3) is 0 Å². The van der Waals surface area contributed by atoms with Crippen molar-refractivity contribution in [1.29, 1.82) is 0 Å². The second-order valence-electron chi connectivity index (χ2n) is 16.4. The average Bonchev–Trinajstić information content (AvgIpc) is 4.00. The molecule has 2 aromatic heterocycles. The number of alkyl carbamates (subject to hydrolysis) is 1.